The van der Waals surface area contributed by atoms with E-state index in [0.717, 1.165) is 96.3 Å². The molecule has 0 amide bonds. The summed E-state index contributed by atoms with van der Waals surface area (Å²) >= 11 is 0. The summed E-state index contributed by atoms with van der Waals surface area (Å²) in [5, 5.41) is 0. The lowest BCUT2D eigenvalue weighted by Crippen LogP contribution is -2.30. The summed E-state index contributed by atoms with van der Waals surface area (Å²) in [5.41, 5.74) is 0. The Morgan fingerprint density at radius 1 is 0.253 bits per heavy atom. The van der Waals surface area contributed by atoms with E-state index >= 15 is 0 Å². The van der Waals surface area contributed by atoms with Crippen LogP contribution in [0.5, 0.6) is 0 Å². The van der Waals surface area contributed by atoms with Crippen molar-refractivity contribution in [2.45, 2.75) is 386 Å². The molecule has 1 unspecified atom stereocenters. The zero-order chi connectivity index (χ0) is 59.9. The Labute approximate surface area is 516 Å². The molecule has 0 aromatic heterocycles. The molecule has 83 heavy (non-hydrogen) atoms. The third-order valence-electron chi connectivity index (χ3n) is 16.2. The Morgan fingerprint density at radius 3 is 0.735 bits per heavy atom. The average molecular weight is 1160 g/mol. The molecule has 6 heteroatoms. The van der Waals surface area contributed by atoms with Gasteiger partial charge in [-0.1, -0.05) is 363 Å². The molecule has 0 fully saturated rings. The maximum atomic E-state index is 13.0. The molecular formula is C77H138O6. The highest BCUT2D eigenvalue weighted by molar-refractivity contribution is 5.71. The second-order valence-corrected chi connectivity index (χ2v) is 24.5. The van der Waals surface area contributed by atoms with Crippen molar-refractivity contribution in [1.29, 1.82) is 0 Å². The van der Waals surface area contributed by atoms with E-state index in [9.17, 15) is 14.4 Å². The maximum absolute atomic E-state index is 13.0. The van der Waals surface area contributed by atoms with E-state index in [4.69, 9.17) is 14.2 Å². The molecule has 0 radical (unpaired) electrons. The van der Waals surface area contributed by atoms with Gasteiger partial charge in [0, 0.05) is 19.3 Å². The van der Waals surface area contributed by atoms with Crippen LogP contribution in [0.15, 0.2) is 72.9 Å². The van der Waals surface area contributed by atoms with E-state index in [1.54, 1.807) is 0 Å². The Bertz CT molecular complexity index is 1520. The van der Waals surface area contributed by atoms with Gasteiger partial charge in [0.2, 0.25) is 0 Å². The highest BCUT2D eigenvalue weighted by Gasteiger charge is 2.19. The fourth-order valence-electron chi connectivity index (χ4n) is 10.8. The van der Waals surface area contributed by atoms with Gasteiger partial charge in [-0.2, -0.15) is 0 Å². The van der Waals surface area contributed by atoms with Crippen LogP contribution in [0.4, 0.5) is 0 Å². The third kappa shape index (κ3) is 69.5. The highest BCUT2D eigenvalue weighted by Crippen LogP contribution is 2.19. The zero-order valence-corrected chi connectivity index (χ0v) is 55.5. The quantitative estimate of drug-likeness (QED) is 0.0261. The predicted molar refractivity (Wildman–Crippen MR) is 362 cm³/mol. The first kappa shape index (κ1) is 79.8. The number of hydrogen-bond acceptors (Lipinski definition) is 6. The van der Waals surface area contributed by atoms with Gasteiger partial charge in [0.15, 0.2) is 6.10 Å². The van der Waals surface area contributed by atoms with Crippen molar-refractivity contribution in [3.05, 3.63) is 72.9 Å². The fourth-order valence-corrected chi connectivity index (χ4v) is 10.8. The molecule has 0 N–H and O–H groups in total. The van der Waals surface area contributed by atoms with Gasteiger partial charge < -0.3 is 14.2 Å². The number of allylic oxidation sites excluding steroid dienone is 12. The summed E-state index contributed by atoms with van der Waals surface area (Å²) in [6.45, 7) is 6.57. The monoisotopic (exact) mass is 1160 g/mol. The Balaban J connectivity index is 4.39. The van der Waals surface area contributed by atoms with Crippen molar-refractivity contribution in [2.24, 2.45) is 0 Å². The first-order valence-electron chi connectivity index (χ1n) is 36.4. The normalized spacial score (nSPS) is 12.5. The molecule has 0 aromatic carbocycles. The number of carbonyl (C=O) groups is 3. The van der Waals surface area contributed by atoms with Gasteiger partial charge in [0.25, 0.3) is 0 Å². The van der Waals surface area contributed by atoms with E-state index in [1.807, 2.05) is 0 Å². The Kier molecular flexibility index (Phi) is 68.6. The first-order chi connectivity index (χ1) is 41.0. The first-order valence-corrected chi connectivity index (χ1v) is 36.4. The van der Waals surface area contributed by atoms with Crippen LogP contribution in [0.25, 0.3) is 0 Å². The van der Waals surface area contributed by atoms with Crippen molar-refractivity contribution in [2.75, 3.05) is 13.2 Å². The molecule has 0 saturated heterocycles. The minimum Gasteiger partial charge on any atom is -0.462 e. The molecule has 482 valence electrons. The molecule has 0 saturated carbocycles. The Morgan fingerprint density at radius 2 is 0.470 bits per heavy atom. The van der Waals surface area contributed by atoms with Gasteiger partial charge in [-0.05, 0) is 70.6 Å². The van der Waals surface area contributed by atoms with Gasteiger partial charge >= 0.3 is 17.9 Å². The number of ether oxygens (including phenoxy) is 3. The standard InChI is InChI=1S/C77H138O6/c1-4-7-10-13-16-19-22-25-28-31-34-37-40-43-46-49-52-55-58-61-64-67-70-76(79)82-73-74(72-81-75(78)69-66-63-60-57-54-51-48-45-42-39-36-33-30-27-24-21-18-15-12-9-6-3)83-77(80)71-68-65-62-59-56-53-50-47-44-41-38-35-32-29-26-23-20-17-14-11-8-5-2/h9,12,18,21,27,30,36,39,45,48,54,57,74H,4-8,10-11,13-17,19-20,22-26,28-29,31-35,37-38,40-44,46-47,49-53,55-56,58-73H2,1-3H3/b12-9-,21-18-,30-27-,39-36-,48-45-,57-54-. The summed E-state index contributed by atoms with van der Waals surface area (Å²) in [6, 6.07) is 0. The summed E-state index contributed by atoms with van der Waals surface area (Å²) in [4.78, 5) is 38.5. The van der Waals surface area contributed by atoms with Gasteiger partial charge in [-0.3, -0.25) is 14.4 Å². The van der Waals surface area contributed by atoms with Gasteiger partial charge in [-0.25, -0.2) is 0 Å². The van der Waals surface area contributed by atoms with Crippen molar-refractivity contribution in [1.82, 2.24) is 0 Å². The molecule has 0 bridgehead atoms. The molecule has 0 aromatic rings. The van der Waals surface area contributed by atoms with Crippen LogP contribution in [-0.4, -0.2) is 37.2 Å². The minimum atomic E-state index is -0.793. The lowest BCUT2D eigenvalue weighted by molar-refractivity contribution is -0.167. The summed E-state index contributed by atoms with van der Waals surface area (Å²) in [5.74, 6) is -0.903. The van der Waals surface area contributed by atoms with Crippen molar-refractivity contribution in [3.8, 4) is 0 Å². The van der Waals surface area contributed by atoms with Crippen LogP contribution in [-0.2, 0) is 28.6 Å². The number of unbranched alkanes of at least 4 members (excludes halogenated alkanes) is 44. The van der Waals surface area contributed by atoms with Crippen LogP contribution >= 0.6 is 0 Å². The van der Waals surface area contributed by atoms with Crippen LogP contribution in [0.1, 0.15) is 380 Å². The van der Waals surface area contributed by atoms with E-state index in [-0.39, 0.29) is 31.1 Å². The number of esters is 3. The van der Waals surface area contributed by atoms with Crippen LogP contribution in [0.3, 0.4) is 0 Å². The highest BCUT2D eigenvalue weighted by atomic mass is 16.6. The molecule has 0 spiro atoms. The molecule has 1 atom stereocenters. The average Bonchev–Trinajstić information content (AvgIpc) is 3.49. The number of rotatable bonds is 67. The SMILES string of the molecule is CC/C=C\C/C=C\C/C=C\C/C=C\C/C=C\C/C=C\CCCCC(=O)OCC(COC(=O)CCCCCCCCCCCCCCCCCCCCCCCC)OC(=O)CCCCCCCCCCCCCCCCCCCCCCCC. The van der Waals surface area contributed by atoms with E-state index in [1.165, 1.54) is 244 Å². The number of carbonyl (C=O) groups excluding carboxylic acids is 3. The van der Waals surface area contributed by atoms with E-state index < -0.39 is 6.10 Å². The summed E-state index contributed by atoms with van der Waals surface area (Å²) in [7, 11) is 0. The van der Waals surface area contributed by atoms with Crippen molar-refractivity contribution >= 4 is 17.9 Å². The molecule has 6 nitrogen and oxygen atoms in total. The fraction of sp³-hybridized carbons (Fsp3) is 0.805. The second-order valence-electron chi connectivity index (χ2n) is 24.5. The Hall–Kier alpha value is -3.15. The number of hydrogen-bond donors (Lipinski definition) is 0. The summed E-state index contributed by atoms with van der Waals surface area (Å²) in [6.07, 6.45) is 93.7. The van der Waals surface area contributed by atoms with Crippen LogP contribution in [0.2, 0.25) is 0 Å². The minimum absolute atomic E-state index is 0.0841. The molecule has 0 rings (SSSR count). The topological polar surface area (TPSA) is 78.9 Å². The molecule has 0 aliphatic carbocycles. The molecule has 0 heterocycles. The van der Waals surface area contributed by atoms with Crippen molar-refractivity contribution in [3.63, 3.8) is 0 Å². The predicted octanol–water partition coefficient (Wildman–Crippen LogP) is 25.2. The zero-order valence-electron chi connectivity index (χ0n) is 55.5. The molecule has 0 aliphatic rings. The van der Waals surface area contributed by atoms with Gasteiger partial charge in [0.1, 0.15) is 13.2 Å². The summed E-state index contributed by atoms with van der Waals surface area (Å²) < 4.78 is 17.0. The lowest BCUT2D eigenvalue weighted by atomic mass is 10.0. The largest absolute Gasteiger partial charge is 0.462 e. The van der Waals surface area contributed by atoms with E-state index in [2.05, 4.69) is 93.7 Å². The molecule has 0 aliphatic heterocycles. The second kappa shape index (κ2) is 71.3. The van der Waals surface area contributed by atoms with Crippen LogP contribution < -0.4 is 0 Å². The maximum Gasteiger partial charge on any atom is 0.306 e. The van der Waals surface area contributed by atoms with Crippen molar-refractivity contribution < 1.29 is 28.6 Å². The van der Waals surface area contributed by atoms with Crippen LogP contribution in [0, 0.1) is 0 Å². The van der Waals surface area contributed by atoms with Gasteiger partial charge in [-0.15, -0.1) is 0 Å². The third-order valence-corrected chi connectivity index (χ3v) is 16.2. The van der Waals surface area contributed by atoms with Gasteiger partial charge in [0.05, 0.1) is 0 Å². The smallest absolute Gasteiger partial charge is 0.306 e. The lowest BCUT2D eigenvalue weighted by Gasteiger charge is -2.18. The molecular weight excluding hydrogens is 1020 g/mol. The van der Waals surface area contributed by atoms with E-state index in [0.29, 0.717) is 19.3 Å².